The maximum atomic E-state index is 11.4. The molecule has 4 heteroatoms. The number of ether oxygens (including phenoxy) is 1. The van der Waals surface area contributed by atoms with E-state index >= 15 is 0 Å². The molecule has 0 spiro atoms. The number of benzene rings is 2. The number of carbonyl (C=O) groups is 1. The zero-order chi connectivity index (χ0) is 13.1. The highest BCUT2D eigenvalue weighted by molar-refractivity contribution is 6.33. The Bertz CT molecular complexity index is 577. The minimum Gasteiger partial charge on any atom is -0.465 e. The highest BCUT2D eigenvalue weighted by atomic mass is 35.5. The van der Waals surface area contributed by atoms with Gasteiger partial charge in [0.1, 0.15) is 0 Å². The Balaban J connectivity index is 2.41. The van der Waals surface area contributed by atoms with Crippen molar-refractivity contribution in [2.45, 2.75) is 0 Å². The highest BCUT2D eigenvalue weighted by Gasteiger charge is 2.09. The number of carbonyl (C=O) groups excluding carboxylic acids is 1. The second-order valence-electron chi connectivity index (χ2n) is 3.69. The van der Waals surface area contributed by atoms with Crippen LogP contribution in [0, 0.1) is 0 Å². The van der Waals surface area contributed by atoms with Gasteiger partial charge in [-0.15, -0.1) is 0 Å². The molecule has 0 amide bonds. The van der Waals surface area contributed by atoms with Crippen molar-refractivity contribution >= 4 is 29.2 Å². The number of hydrogen-bond acceptors (Lipinski definition) is 2. The molecule has 2 aromatic rings. The van der Waals surface area contributed by atoms with Crippen molar-refractivity contribution in [2.75, 3.05) is 7.11 Å². The third-order valence-electron chi connectivity index (χ3n) is 2.55. The van der Waals surface area contributed by atoms with Crippen LogP contribution < -0.4 is 0 Å². The van der Waals surface area contributed by atoms with Gasteiger partial charge in [-0.05, 0) is 29.8 Å². The Morgan fingerprint density at radius 1 is 1.06 bits per heavy atom. The van der Waals surface area contributed by atoms with E-state index in [1.165, 1.54) is 7.11 Å². The van der Waals surface area contributed by atoms with Gasteiger partial charge >= 0.3 is 5.97 Å². The summed E-state index contributed by atoms with van der Waals surface area (Å²) in [5, 5.41) is 1.17. The summed E-state index contributed by atoms with van der Waals surface area (Å²) in [6.07, 6.45) is 0. The Hall–Kier alpha value is -1.51. The Kier molecular flexibility index (Phi) is 3.90. The molecular weight excluding hydrogens is 271 g/mol. The monoisotopic (exact) mass is 280 g/mol. The van der Waals surface area contributed by atoms with E-state index in [-0.39, 0.29) is 0 Å². The molecule has 0 heterocycles. The van der Waals surface area contributed by atoms with Crippen LogP contribution in [0.25, 0.3) is 11.1 Å². The lowest BCUT2D eigenvalue weighted by Gasteiger charge is -2.06. The van der Waals surface area contributed by atoms with Crippen LogP contribution in [-0.4, -0.2) is 13.1 Å². The predicted molar refractivity (Wildman–Crippen MR) is 73.2 cm³/mol. The van der Waals surface area contributed by atoms with E-state index < -0.39 is 5.97 Å². The van der Waals surface area contributed by atoms with Crippen LogP contribution in [0.3, 0.4) is 0 Å². The Labute approximate surface area is 115 Å². The number of halogens is 2. The lowest BCUT2D eigenvalue weighted by molar-refractivity contribution is 0.0601. The standard InChI is InChI=1S/C14H10Cl2O2/c1-18-14(17)10-4-7-12(13(16)8-10)9-2-5-11(15)6-3-9/h2-8H,1H3. The molecular formula is C14H10Cl2O2. The minimum atomic E-state index is -0.403. The molecule has 0 aromatic heterocycles. The summed E-state index contributed by atoms with van der Waals surface area (Å²) in [6.45, 7) is 0. The first kappa shape index (κ1) is 12.9. The van der Waals surface area contributed by atoms with Gasteiger partial charge < -0.3 is 4.74 Å². The fraction of sp³-hybridized carbons (Fsp3) is 0.0714. The van der Waals surface area contributed by atoms with Gasteiger partial charge in [-0.3, -0.25) is 0 Å². The SMILES string of the molecule is COC(=O)c1ccc(-c2ccc(Cl)cc2)c(Cl)c1. The fourth-order valence-electron chi connectivity index (χ4n) is 1.62. The van der Waals surface area contributed by atoms with Crippen LogP contribution in [0.15, 0.2) is 42.5 Å². The lowest BCUT2D eigenvalue weighted by atomic mass is 10.0. The quantitative estimate of drug-likeness (QED) is 0.760. The Morgan fingerprint density at radius 3 is 2.28 bits per heavy atom. The molecule has 0 fully saturated rings. The summed E-state index contributed by atoms with van der Waals surface area (Å²) in [6, 6.07) is 12.4. The van der Waals surface area contributed by atoms with Gasteiger partial charge in [0.05, 0.1) is 12.7 Å². The van der Waals surface area contributed by atoms with Gasteiger partial charge in [-0.25, -0.2) is 4.79 Å². The van der Waals surface area contributed by atoms with Gasteiger partial charge in [-0.2, -0.15) is 0 Å². The smallest absolute Gasteiger partial charge is 0.337 e. The first-order valence-electron chi connectivity index (χ1n) is 5.25. The van der Waals surface area contributed by atoms with Crippen molar-refractivity contribution in [1.82, 2.24) is 0 Å². The first-order valence-corrected chi connectivity index (χ1v) is 6.01. The van der Waals surface area contributed by atoms with E-state index in [1.54, 1.807) is 30.3 Å². The molecule has 0 bridgehead atoms. The zero-order valence-electron chi connectivity index (χ0n) is 9.61. The minimum absolute atomic E-state index is 0.403. The molecule has 0 saturated heterocycles. The molecule has 0 N–H and O–H groups in total. The summed E-state index contributed by atoms with van der Waals surface area (Å²) < 4.78 is 4.64. The summed E-state index contributed by atoms with van der Waals surface area (Å²) >= 11 is 12.0. The molecule has 0 aliphatic carbocycles. The second-order valence-corrected chi connectivity index (χ2v) is 4.54. The fourth-order valence-corrected chi connectivity index (χ4v) is 2.04. The molecule has 0 radical (unpaired) electrons. The van der Waals surface area contributed by atoms with E-state index in [4.69, 9.17) is 23.2 Å². The zero-order valence-corrected chi connectivity index (χ0v) is 11.1. The normalized spacial score (nSPS) is 10.2. The molecule has 92 valence electrons. The third-order valence-corrected chi connectivity index (χ3v) is 3.11. The Morgan fingerprint density at radius 2 is 1.72 bits per heavy atom. The van der Waals surface area contributed by atoms with Crippen LogP contribution in [-0.2, 0) is 4.74 Å². The third kappa shape index (κ3) is 2.66. The summed E-state index contributed by atoms with van der Waals surface area (Å²) in [4.78, 5) is 11.4. The van der Waals surface area contributed by atoms with Crippen molar-refractivity contribution in [1.29, 1.82) is 0 Å². The van der Waals surface area contributed by atoms with Crippen molar-refractivity contribution in [3.63, 3.8) is 0 Å². The molecule has 0 unspecified atom stereocenters. The summed E-state index contributed by atoms with van der Waals surface area (Å²) in [5.74, 6) is -0.403. The maximum absolute atomic E-state index is 11.4. The van der Waals surface area contributed by atoms with Crippen molar-refractivity contribution < 1.29 is 9.53 Å². The van der Waals surface area contributed by atoms with Crippen LogP contribution in [0.1, 0.15) is 10.4 Å². The maximum Gasteiger partial charge on any atom is 0.337 e. The molecule has 0 atom stereocenters. The van der Waals surface area contributed by atoms with Gasteiger partial charge in [0.25, 0.3) is 0 Å². The van der Waals surface area contributed by atoms with E-state index in [9.17, 15) is 4.79 Å². The number of hydrogen-bond donors (Lipinski definition) is 0. The highest BCUT2D eigenvalue weighted by Crippen LogP contribution is 2.29. The van der Waals surface area contributed by atoms with Gasteiger partial charge in [0.15, 0.2) is 0 Å². The van der Waals surface area contributed by atoms with Crippen molar-refractivity contribution in [3.05, 3.63) is 58.1 Å². The van der Waals surface area contributed by atoms with Gasteiger partial charge in [0.2, 0.25) is 0 Å². The van der Waals surface area contributed by atoms with Crippen molar-refractivity contribution in [3.8, 4) is 11.1 Å². The second kappa shape index (κ2) is 5.42. The molecule has 2 rings (SSSR count). The largest absolute Gasteiger partial charge is 0.465 e. The molecule has 0 aliphatic rings. The van der Waals surface area contributed by atoms with Crippen LogP contribution in [0.5, 0.6) is 0 Å². The van der Waals surface area contributed by atoms with E-state index in [0.29, 0.717) is 15.6 Å². The lowest BCUT2D eigenvalue weighted by Crippen LogP contribution is -2.00. The molecule has 18 heavy (non-hydrogen) atoms. The van der Waals surface area contributed by atoms with Crippen LogP contribution >= 0.6 is 23.2 Å². The molecule has 0 aliphatic heterocycles. The average Bonchev–Trinajstić information content (AvgIpc) is 2.39. The summed E-state index contributed by atoms with van der Waals surface area (Å²) in [5.41, 5.74) is 2.22. The molecule has 2 nitrogen and oxygen atoms in total. The predicted octanol–water partition coefficient (Wildman–Crippen LogP) is 4.45. The van der Waals surface area contributed by atoms with E-state index in [1.807, 2.05) is 12.1 Å². The number of esters is 1. The number of methoxy groups -OCH3 is 1. The molecule has 2 aromatic carbocycles. The van der Waals surface area contributed by atoms with Crippen LogP contribution in [0.4, 0.5) is 0 Å². The van der Waals surface area contributed by atoms with Crippen molar-refractivity contribution in [2.24, 2.45) is 0 Å². The van der Waals surface area contributed by atoms with Gasteiger partial charge in [-0.1, -0.05) is 41.4 Å². The molecule has 0 saturated carbocycles. The topological polar surface area (TPSA) is 26.3 Å². The summed E-state index contributed by atoms with van der Waals surface area (Å²) in [7, 11) is 1.34. The van der Waals surface area contributed by atoms with E-state index in [0.717, 1.165) is 11.1 Å². The number of rotatable bonds is 2. The van der Waals surface area contributed by atoms with Gasteiger partial charge in [0, 0.05) is 15.6 Å². The van der Waals surface area contributed by atoms with E-state index in [2.05, 4.69) is 4.74 Å². The first-order chi connectivity index (χ1) is 8.61. The average molecular weight is 281 g/mol. The van der Waals surface area contributed by atoms with Crippen LogP contribution in [0.2, 0.25) is 10.0 Å².